The van der Waals surface area contributed by atoms with Crippen LogP contribution in [0.3, 0.4) is 0 Å². The molecular weight excluding hydrogens is 334 g/mol. The normalized spacial score (nSPS) is 21.0. The fraction of sp³-hybridized carbons (Fsp3) is 0.400. The third kappa shape index (κ3) is 3.33. The summed E-state index contributed by atoms with van der Waals surface area (Å²) in [5, 5.41) is 5.27. The van der Waals surface area contributed by atoms with Gasteiger partial charge in [-0.1, -0.05) is 37.1 Å². The van der Waals surface area contributed by atoms with Gasteiger partial charge in [-0.05, 0) is 36.3 Å². The molecule has 130 valence electrons. The van der Waals surface area contributed by atoms with Gasteiger partial charge in [0.15, 0.2) is 0 Å². The Kier molecular flexibility index (Phi) is 4.57. The van der Waals surface area contributed by atoms with Gasteiger partial charge in [0, 0.05) is 10.4 Å². The van der Waals surface area contributed by atoms with Gasteiger partial charge >= 0.3 is 5.97 Å². The van der Waals surface area contributed by atoms with Gasteiger partial charge in [0.2, 0.25) is 5.91 Å². The Labute approximate surface area is 151 Å². The minimum absolute atomic E-state index is 0.0557. The van der Waals surface area contributed by atoms with Crippen molar-refractivity contribution in [1.29, 1.82) is 0 Å². The van der Waals surface area contributed by atoms with Crippen LogP contribution in [0.2, 0.25) is 0 Å². The summed E-state index contributed by atoms with van der Waals surface area (Å²) in [5.74, 6) is 0.111. The van der Waals surface area contributed by atoms with E-state index in [1.807, 2.05) is 24.3 Å². The van der Waals surface area contributed by atoms with Crippen LogP contribution in [0.1, 0.15) is 65.0 Å². The Hall–Kier alpha value is -2.14. The Morgan fingerprint density at radius 2 is 2.00 bits per heavy atom. The summed E-state index contributed by atoms with van der Waals surface area (Å²) in [6.07, 6.45) is 4.48. The Morgan fingerprint density at radius 1 is 1.20 bits per heavy atom. The van der Waals surface area contributed by atoms with Crippen LogP contribution in [0, 0.1) is 5.92 Å². The Bertz CT molecular complexity index is 765. The quantitative estimate of drug-likeness (QED) is 0.809. The summed E-state index contributed by atoms with van der Waals surface area (Å²) in [5.41, 5.74) is 1.39. The molecule has 1 amide bonds. The summed E-state index contributed by atoms with van der Waals surface area (Å²) >= 11 is 1.69. The van der Waals surface area contributed by atoms with Gasteiger partial charge in [0.25, 0.3) is 0 Å². The van der Waals surface area contributed by atoms with Crippen LogP contribution < -0.4 is 5.32 Å². The van der Waals surface area contributed by atoms with Crippen LogP contribution in [0.15, 0.2) is 41.8 Å². The van der Waals surface area contributed by atoms with Gasteiger partial charge < -0.3 is 10.1 Å². The maximum atomic E-state index is 12.7. The van der Waals surface area contributed by atoms with E-state index >= 15 is 0 Å². The zero-order valence-corrected chi connectivity index (χ0v) is 14.8. The first-order valence-corrected chi connectivity index (χ1v) is 9.73. The molecular formula is C20H21NO3S. The highest BCUT2D eigenvalue weighted by Crippen LogP contribution is 2.38. The minimum atomic E-state index is -0.476. The molecule has 1 aliphatic heterocycles. The van der Waals surface area contributed by atoms with Crippen LogP contribution >= 0.6 is 11.3 Å². The molecule has 1 N–H and O–H groups in total. The summed E-state index contributed by atoms with van der Waals surface area (Å²) in [4.78, 5) is 25.8. The molecule has 4 nitrogen and oxygen atoms in total. The number of benzene rings is 1. The van der Waals surface area contributed by atoms with Crippen molar-refractivity contribution in [1.82, 2.24) is 5.32 Å². The predicted octanol–water partition coefficient (Wildman–Crippen LogP) is 4.40. The molecule has 5 heteroatoms. The number of carbonyl (C=O) groups is 2. The first-order valence-electron chi connectivity index (χ1n) is 8.85. The number of cyclic esters (lactones) is 1. The molecule has 0 radical (unpaired) electrons. The summed E-state index contributed by atoms with van der Waals surface area (Å²) < 4.78 is 5.40. The van der Waals surface area contributed by atoms with Crippen molar-refractivity contribution in [3.05, 3.63) is 57.8 Å². The lowest BCUT2D eigenvalue weighted by molar-refractivity contribution is -0.124. The number of hydrogen-bond donors (Lipinski definition) is 1. The van der Waals surface area contributed by atoms with Crippen LogP contribution in [0.5, 0.6) is 0 Å². The van der Waals surface area contributed by atoms with Gasteiger partial charge in [-0.25, -0.2) is 4.79 Å². The molecule has 2 aliphatic rings. The number of thiophene rings is 1. The molecule has 0 unspecified atom stereocenters. The van der Waals surface area contributed by atoms with E-state index in [-0.39, 0.29) is 24.3 Å². The van der Waals surface area contributed by atoms with E-state index in [0.29, 0.717) is 11.5 Å². The van der Waals surface area contributed by atoms with E-state index in [2.05, 4.69) is 16.8 Å². The summed E-state index contributed by atoms with van der Waals surface area (Å²) in [7, 11) is 0. The summed E-state index contributed by atoms with van der Waals surface area (Å²) in [6.45, 7) is 0. The van der Waals surface area contributed by atoms with Crippen LogP contribution in [-0.4, -0.2) is 11.9 Å². The smallest absolute Gasteiger partial charge is 0.339 e. The molecule has 1 saturated carbocycles. The molecule has 1 fully saturated rings. The fourth-order valence-electron chi connectivity index (χ4n) is 3.95. The van der Waals surface area contributed by atoms with E-state index in [4.69, 9.17) is 4.74 Å². The zero-order valence-electron chi connectivity index (χ0n) is 13.9. The van der Waals surface area contributed by atoms with E-state index in [1.165, 1.54) is 17.7 Å². The van der Waals surface area contributed by atoms with Crippen LogP contribution in [-0.2, 0) is 9.53 Å². The second kappa shape index (κ2) is 7.00. The predicted molar refractivity (Wildman–Crippen MR) is 96.4 cm³/mol. The molecule has 25 heavy (non-hydrogen) atoms. The molecule has 0 bridgehead atoms. The van der Waals surface area contributed by atoms with Crippen molar-refractivity contribution in [3.63, 3.8) is 0 Å². The molecule has 1 aromatic heterocycles. The number of amides is 1. The number of ether oxygens (including phenoxy) is 1. The van der Waals surface area contributed by atoms with Gasteiger partial charge in [0.05, 0.1) is 18.0 Å². The molecule has 1 aromatic carbocycles. The van der Waals surface area contributed by atoms with E-state index in [1.54, 1.807) is 17.4 Å². The SMILES string of the molecule is O=C(C[C@@H]1OC(=O)c2ccccc21)N[C@H](c1cccs1)C1CCCC1. The maximum absolute atomic E-state index is 12.7. The van der Waals surface area contributed by atoms with Gasteiger partial charge in [0.1, 0.15) is 6.10 Å². The van der Waals surface area contributed by atoms with Crippen molar-refractivity contribution >= 4 is 23.2 Å². The second-order valence-electron chi connectivity index (χ2n) is 6.79. The highest BCUT2D eigenvalue weighted by atomic mass is 32.1. The molecule has 2 atom stereocenters. The first-order chi connectivity index (χ1) is 12.2. The highest BCUT2D eigenvalue weighted by molar-refractivity contribution is 7.10. The van der Waals surface area contributed by atoms with Gasteiger partial charge in [-0.15, -0.1) is 11.3 Å². The van der Waals surface area contributed by atoms with Crippen molar-refractivity contribution in [3.8, 4) is 0 Å². The van der Waals surface area contributed by atoms with E-state index < -0.39 is 6.10 Å². The molecule has 2 aromatic rings. The van der Waals surface area contributed by atoms with E-state index in [9.17, 15) is 9.59 Å². The lowest BCUT2D eigenvalue weighted by Gasteiger charge is -2.24. The minimum Gasteiger partial charge on any atom is -0.453 e. The van der Waals surface area contributed by atoms with Crippen molar-refractivity contribution in [2.75, 3.05) is 0 Å². The molecule has 0 spiro atoms. The number of fused-ring (bicyclic) bond motifs is 1. The number of carbonyl (C=O) groups excluding carboxylic acids is 2. The Morgan fingerprint density at radius 3 is 2.76 bits per heavy atom. The highest BCUT2D eigenvalue weighted by Gasteiger charge is 2.34. The zero-order chi connectivity index (χ0) is 17.2. The van der Waals surface area contributed by atoms with Crippen molar-refractivity contribution in [2.45, 2.75) is 44.2 Å². The lowest BCUT2D eigenvalue weighted by Crippen LogP contribution is -2.33. The Balaban J connectivity index is 1.47. The van der Waals surface area contributed by atoms with Crippen LogP contribution in [0.4, 0.5) is 0 Å². The monoisotopic (exact) mass is 355 g/mol. The number of hydrogen-bond acceptors (Lipinski definition) is 4. The number of esters is 1. The van der Waals surface area contributed by atoms with Crippen molar-refractivity contribution < 1.29 is 14.3 Å². The number of nitrogens with one attached hydrogen (secondary N) is 1. The average molecular weight is 355 g/mol. The largest absolute Gasteiger partial charge is 0.453 e. The van der Waals surface area contributed by atoms with E-state index in [0.717, 1.165) is 18.4 Å². The first kappa shape index (κ1) is 16.3. The van der Waals surface area contributed by atoms with Gasteiger partial charge in [-0.2, -0.15) is 0 Å². The summed E-state index contributed by atoms with van der Waals surface area (Å²) in [6, 6.07) is 11.5. The topological polar surface area (TPSA) is 55.4 Å². The fourth-order valence-corrected chi connectivity index (χ4v) is 4.82. The second-order valence-corrected chi connectivity index (χ2v) is 7.77. The van der Waals surface area contributed by atoms with Crippen LogP contribution in [0.25, 0.3) is 0 Å². The average Bonchev–Trinajstić information content (AvgIpc) is 3.36. The molecule has 4 rings (SSSR count). The lowest BCUT2D eigenvalue weighted by atomic mass is 9.96. The maximum Gasteiger partial charge on any atom is 0.339 e. The molecule has 2 heterocycles. The van der Waals surface area contributed by atoms with Gasteiger partial charge in [-0.3, -0.25) is 4.79 Å². The number of rotatable bonds is 5. The third-order valence-corrected chi connectivity index (χ3v) is 6.14. The van der Waals surface area contributed by atoms with Crippen molar-refractivity contribution in [2.24, 2.45) is 5.92 Å². The molecule has 0 saturated heterocycles. The third-order valence-electron chi connectivity index (χ3n) is 5.19. The molecule has 1 aliphatic carbocycles. The standard InChI is InChI=1S/C20H21NO3S/c22-18(12-16-14-8-3-4-9-15(14)20(23)24-16)21-19(13-6-1-2-7-13)17-10-5-11-25-17/h3-5,8-11,13,16,19H,1-2,6-7,12H2,(H,21,22)/t16-,19-/m0/s1.